The molecule has 41 heavy (non-hydrogen) atoms. The van der Waals surface area contributed by atoms with Crippen LogP contribution in [0, 0.1) is 0 Å². The highest BCUT2D eigenvalue weighted by Crippen LogP contribution is 2.32. The minimum Gasteiger partial charge on any atom is -0.735 e. The third-order valence-electron chi connectivity index (χ3n) is 5.07. The second-order valence-electron chi connectivity index (χ2n) is 7.83. The molecule has 2 fully saturated rings. The summed E-state index contributed by atoms with van der Waals surface area (Å²) in [5.41, 5.74) is 0. The normalized spacial score (nSPS) is 35.7. The first-order valence-corrected chi connectivity index (χ1v) is 15.5. The quantitative estimate of drug-likeness (QED) is 0.120. The predicted molar refractivity (Wildman–Crippen MR) is 108 cm³/mol. The fourth-order valence-electron chi connectivity index (χ4n) is 3.61. The highest BCUT2D eigenvalue weighted by Gasteiger charge is 2.54. The van der Waals surface area contributed by atoms with Gasteiger partial charge in [-0.15, -0.1) is 0 Å². The lowest BCUT2D eigenvalue weighted by Crippen LogP contribution is -2.69. The van der Waals surface area contributed by atoms with E-state index >= 15 is 0 Å². The van der Waals surface area contributed by atoms with Crippen molar-refractivity contribution in [2.75, 3.05) is 13.7 Å². The van der Waals surface area contributed by atoms with Gasteiger partial charge in [0.25, 0.3) is 0 Å². The molecule has 0 amide bonds. The van der Waals surface area contributed by atoms with E-state index in [0.29, 0.717) is 0 Å². The minimum absolute atomic E-state index is 0.767. The summed E-state index contributed by atoms with van der Waals surface area (Å²) in [6, 6.07) is -2.69. The minimum atomic E-state index is -5.94. The highest BCUT2D eigenvalue weighted by atomic mass is 32.3. The van der Waals surface area contributed by atoms with Gasteiger partial charge in [-0.1, -0.05) is 0 Å². The maximum atomic E-state index is 11.7. The van der Waals surface area contributed by atoms with Crippen molar-refractivity contribution in [2.45, 2.75) is 61.3 Å². The first kappa shape index (κ1) is 35.9. The Balaban J connectivity index is 2.61. The van der Waals surface area contributed by atoms with Gasteiger partial charge in [-0.2, -0.15) is 0 Å². The van der Waals surface area contributed by atoms with Crippen LogP contribution in [0.25, 0.3) is 0 Å². The molecule has 2 saturated heterocycles. The van der Waals surface area contributed by atoms with Crippen molar-refractivity contribution in [2.24, 2.45) is 0 Å². The van der Waals surface area contributed by atoms with E-state index in [0.717, 1.165) is 11.8 Å². The summed E-state index contributed by atoms with van der Waals surface area (Å²) in [6.07, 6.45) is -22.8. The molecule has 24 nitrogen and oxygen atoms in total. The summed E-state index contributed by atoms with van der Waals surface area (Å²) in [7, 11) is -22.2. The zero-order chi connectivity index (χ0) is 31.7. The van der Waals surface area contributed by atoms with Crippen molar-refractivity contribution in [3.8, 4) is 0 Å². The monoisotopic (exact) mass is 684 g/mol. The lowest BCUT2D eigenvalue weighted by atomic mass is 9.96. The first-order valence-electron chi connectivity index (χ1n) is 10.1. The van der Waals surface area contributed by atoms with Crippen LogP contribution >= 0.6 is 0 Å². The summed E-state index contributed by atoms with van der Waals surface area (Å²) in [4.78, 5) is 11.7. The Kier molecular flexibility index (Phi) is 11.5. The number of aliphatic hydroxyl groups is 2. The van der Waals surface area contributed by atoms with Crippen LogP contribution in [-0.2, 0) is 77.8 Å². The smallest absolute Gasteiger partial charge is 0.218 e. The number of carbonyl (C=O) groups excluding carboxylic acids is 1. The number of nitrogens with one attached hydrogen (secondary N) is 1. The summed E-state index contributed by atoms with van der Waals surface area (Å²) in [5.74, 6) is -2.27. The molecule has 10 atom stereocenters. The average Bonchev–Trinajstić information content (AvgIpc) is 2.76. The van der Waals surface area contributed by atoms with Gasteiger partial charge in [0.05, 0.1) is 12.6 Å². The van der Waals surface area contributed by atoms with E-state index in [9.17, 15) is 72.0 Å². The van der Waals surface area contributed by atoms with Crippen molar-refractivity contribution in [3.05, 3.63) is 0 Å². The van der Waals surface area contributed by atoms with Gasteiger partial charge in [0.15, 0.2) is 29.0 Å². The second-order valence-corrected chi connectivity index (χ2v) is 12.0. The number of carbonyl (C=O) groups is 1. The molecule has 1 unspecified atom stereocenters. The number of aliphatic carboxylic acids is 1. The molecule has 0 aromatic rings. The standard InChI is InChI=1S/C13H23NO23S4/c1-31-13-9(37-41(28,29)30)6(16)8(10(35-13)11(17)18)34-12-4(14-38(19,20)21)7(36-40(25,26)27)5(15)3(33-12)2-32-39(22,23)24/h3-10,12-16H,2H2,1H3,(H,17,18)(H,19,20,21)(H,22,23,24)(H,25,26,27)(H,28,29,30)/p-5/t3-,4-,5-,6?,7-,8+,9-,10-,12-,13-/m1/s1. The molecule has 0 aliphatic carbocycles. The third-order valence-corrected chi connectivity index (χ3v) is 6.97. The van der Waals surface area contributed by atoms with E-state index < -0.39 is 115 Å². The molecule has 0 saturated carbocycles. The number of rotatable bonds is 13. The van der Waals surface area contributed by atoms with Crippen molar-refractivity contribution in [1.82, 2.24) is 4.72 Å². The van der Waals surface area contributed by atoms with E-state index in [1.54, 1.807) is 0 Å². The molecular weight excluding hydrogens is 666 g/mol. The lowest BCUT2D eigenvalue weighted by Gasteiger charge is -2.48. The van der Waals surface area contributed by atoms with Crippen LogP contribution in [0.1, 0.15) is 0 Å². The van der Waals surface area contributed by atoms with Crippen LogP contribution in [0.3, 0.4) is 0 Å². The van der Waals surface area contributed by atoms with Gasteiger partial charge >= 0.3 is 0 Å². The Morgan fingerprint density at radius 3 is 1.78 bits per heavy atom. The number of carboxylic acids is 1. The highest BCUT2D eigenvalue weighted by molar-refractivity contribution is 7.83. The molecule has 2 heterocycles. The molecule has 0 radical (unpaired) electrons. The number of methoxy groups -OCH3 is 1. The van der Waals surface area contributed by atoms with E-state index in [-0.39, 0.29) is 0 Å². The van der Waals surface area contributed by atoms with Crippen molar-refractivity contribution < 1.29 is 103 Å². The Morgan fingerprint density at radius 2 is 1.34 bits per heavy atom. The zero-order valence-electron chi connectivity index (χ0n) is 19.6. The number of aliphatic hydroxyl groups excluding tert-OH is 2. The first-order chi connectivity index (χ1) is 18.4. The Hall–Kier alpha value is -1.29. The molecule has 0 aromatic heterocycles. The van der Waals surface area contributed by atoms with Crippen LogP contribution in [-0.4, -0.2) is 143 Å². The van der Waals surface area contributed by atoms with Crippen molar-refractivity contribution in [1.29, 1.82) is 0 Å². The largest absolute Gasteiger partial charge is 0.735 e. The fourth-order valence-corrected chi connectivity index (χ4v) is 5.48. The summed E-state index contributed by atoms with van der Waals surface area (Å²) in [6.45, 7) is -1.54. The third kappa shape index (κ3) is 10.7. The van der Waals surface area contributed by atoms with E-state index in [2.05, 4.69) is 17.3 Å². The Labute approximate surface area is 230 Å². The van der Waals surface area contributed by atoms with Crippen molar-refractivity contribution in [3.63, 3.8) is 0 Å². The van der Waals surface area contributed by atoms with Gasteiger partial charge in [0.1, 0.15) is 42.7 Å². The number of hydrogen-bond acceptors (Lipinski definition) is 23. The SMILES string of the molecule is CO[C@@H]1O[C@@H](C(=O)[O-])[C@@H](O[C@H]2O[C@H](COS(=O)(=O)[O-])[C@@H](O)[C@H](OS(=O)(=O)[O-])[C@H]2NS(=O)(=O)[O-])C(O)[C@H]1OS(=O)(=O)[O-]. The van der Waals surface area contributed by atoms with Gasteiger partial charge in [-0.3, -0.25) is 12.5 Å². The molecule has 28 heteroatoms. The van der Waals surface area contributed by atoms with Gasteiger partial charge in [-0.25, -0.2) is 38.4 Å². The van der Waals surface area contributed by atoms with Gasteiger partial charge in [0, 0.05) is 7.11 Å². The molecule has 0 aromatic carbocycles. The Bertz CT molecular complexity index is 1360. The van der Waals surface area contributed by atoms with Gasteiger partial charge in [0.2, 0.25) is 31.2 Å². The summed E-state index contributed by atoms with van der Waals surface area (Å²) in [5, 5.41) is 32.7. The van der Waals surface area contributed by atoms with Crippen LogP contribution in [0.15, 0.2) is 0 Å². The van der Waals surface area contributed by atoms with Gasteiger partial charge in [-0.05, 0) is 0 Å². The molecule has 2 aliphatic heterocycles. The molecule has 2 rings (SSSR count). The fraction of sp³-hybridized carbons (Fsp3) is 0.923. The van der Waals surface area contributed by atoms with Gasteiger partial charge < -0.3 is 57.3 Å². The number of carboxylic acid groups (broad SMARTS) is 1. The van der Waals surface area contributed by atoms with Crippen LogP contribution in [0.5, 0.6) is 0 Å². The Morgan fingerprint density at radius 1 is 0.805 bits per heavy atom. The molecular formula is C13H18NO23S4-5. The second kappa shape index (κ2) is 13.1. The van der Waals surface area contributed by atoms with Crippen LogP contribution in [0.4, 0.5) is 0 Å². The lowest BCUT2D eigenvalue weighted by molar-refractivity contribution is -0.364. The molecule has 2 aliphatic rings. The van der Waals surface area contributed by atoms with E-state index in [1.807, 2.05) is 0 Å². The molecule has 0 bridgehead atoms. The maximum absolute atomic E-state index is 11.7. The molecule has 242 valence electrons. The van der Waals surface area contributed by atoms with Crippen molar-refractivity contribution >= 4 is 47.5 Å². The molecule has 0 spiro atoms. The predicted octanol–water partition coefficient (Wildman–Crippen LogP) is -8.47. The summed E-state index contributed by atoms with van der Waals surface area (Å²) >= 11 is 0. The maximum Gasteiger partial charge on any atom is 0.218 e. The molecule has 3 N–H and O–H groups in total. The van der Waals surface area contributed by atoms with Crippen LogP contribution in [0.2, 0.25) is 0 Å². The van der Waals surface area contributed by atoms with Crippen LogP contribution < -0.4 is 9.83 Å². The topological polar surface area (TPSA) is 386 Å². The zero-order valence-corrected chi connectivity index (χ0v) is 22.8. The van der Waals surface area contributed by atoms with E-state index in [1.165, 1.54) is 0 Å². The van der Waals surface area contributed by atoms with E-state index in [4.69, 9.17) is 14.2 Å². The average molecular weight is 685 g/mol. The number of hydrogen-bond donors (Lipinski definition) is 3. The summed E-state index contributed by atoms with van der Waals surface area (Å²) < 4.78 is 166. The number of ether oxygens (including phenoxy) is 4.